The Morgan fingerprint density at radius 2 is 1.94 bits per heavy atom. The first kappa shape index (κ1) is 12.1. The van der Waals surface area contributed by atoms with E-state index in [4.69, 9.17) is 0 Å². The molecule has 0 aliphatic rings. The molecular formula is C13H15N3Se. The van der Waals surface area contributed by atoms with Gasteiger partial charge in [-0.05, 0) is 0 Å². The number of hydrogen-bond acceptors (Lipinski definition) is 3. The number of hydrazone groups is 1. The van der Waals surface area contributed by atoms with Gasteiger partial charge in [-0.3, -0.25) is 0 Å². The molecular weight excluding hydrogens is 277 g/mol. The first-order chi connectivity index (χ1) is 8.15. The van der Waals surface area contributed by atoms with Crippen LogP contribution in [0.2, 0.25) is 0 Å². The number of nitrogens with zero attached hydrogens (tertiary/aromatic N) is 2. The molecule has 2 aromatic rings. The van der Waals surface area contributed by atoms with Crippen molar-refractivity contribution in [1.82, 2.24) is 4.98 Å². The van der Waals surface area contributed by atoms with E-state index in [1.807, 2.05) is 13.8 Å². The standard InChI is InChI=1S/C13H15N3Se/c1-9(2)15-16-13-14-12(8-17-13)11-6-4-10(3)5-7-11/h4-8H,1-3H3,(H,14,16). The summed E-state index contributed by atoms with van der Waals surface area (Å²) in [6, 6.07) is 8.44. The molecule has 17 heavy (non-hydrogen) atoms. The van der Waals surface area contributed by atoms with Gasteiger partial charge in [-0.25, -0.2) is 0 Å². The summed E-state index contributed by atoms with van der Waals surface area (Å²) >= 11 is 0.263. The van der Waals surface area contributed by atoms with Crippen LogP contribution in [-0.2, 0) is 0 Å². The van der Waals surface area contributed by atoms with Gasteiger partial charge >= 0.3 is 107 Å². The Morgan fingerprint density at radius 1 is 1.24 bits per heavy atom. The van der Waals surface area contributed by atoms with Gasteiger partial charge in [-0.15, -0.1) is 0 Å². The fourth-order valence-electron chi connectivity index (χ4n) is 1.34. The molecule has 0 amide bonds. The van der Waals surface area contributed by atoms with Crippen LogP contribution in [0.25, 0.3) is 11.3 Å². The second-order valence-electron chi connectivity index (χ2n) is 4.07. The van der Waals surface area contributed by atoms with E-state index < -0.39 is 0 Å². The summed E-state index contributed by atoms with van der Waals surface area (Å²) in [6.45, 7) is 6.01. The fourth-order valence-corrected chi connectivity index (χ4v) is 2.73. The minimum atomic E-state index is 0.263. The summed E-state index contributed by atoms with van der Waals surface area (Å²) in [6.07, 6.45) is 0. The van der Waals surface area contributed by atoms with Crippen LogP contribution < -0.4 is 5.43 Å². The fraction of sp³-hybridized carbons (Fsp3) is 0.231. The zero-order valence-electron chi connectivity index (χ0n) is 10.2. The summed E-state index contributed by atoms with van der Waals surface area (Å²) < 4.78 is 0.967. The van der Waals surface area contributed by atoms with E-state index in [1.54, 1.807) is 0 Å². The van der Waals surface area contributed by atoms with Gasteiger partial charge in [0.2, 0.25) is 0 Å². The summed E-state index contributed by atoms with van der Waals surface area (Å²) in [5.41, 5.74) is 7.51. The third kappa shape index (κ3) is 3.29. The molecule has 0 saturated carbocycles. The van der Waals surface area contributed by atoms with Crippen LogP contribution in [0, 0.1) is 6.92 Å². The second-order valence-corrected chi connectivity index (χ2v) is 5.88. The van der Waals surface area contributed by atoms with Gasteiger partial charge in [-0.2, -0.15) is 0 Å². The van der Waals surface area contributed by atoms with E-state index in [0.29, 0.717) is 0 Å². The molecule has 0 atom stereocenters. The van der Waals surface area contributed by atoms with Crippen LogP contribution in [0.3, 0.4) is 0 Å². The number of hydrogen-bond donors (Lipinski definition) is 1. The van der Waals surface area contributed by atoms with E-state index in [9.17, 15) is 0 Å². The number of aromatic nitrogens is 1. The summed E-state index contributed by atoms with van der Waals surface area (Å²) in [7, 11) is 0. The van der Waals surface area contributed by atoms with Crippen molar-refractivity contribution >= 4 is 24.9 Å². The normalized spacial score (nSPS) is 10.1. The van der Waals surface area contributed by atoms with Crippen molar-refractivity contribution in [2.45, 2.75) is 20.8 Å². The second kappa shape index (κ2) is 5.30. The topological polar surface area (TPSA) is 37.3 Å². The molecule has 0 bridgehead atoms. The van der Waals surface area contributed by atoms with Crippen LogP contribution in [0.1, 0.15) is 19.4 Å². The van der Waals surface area contributed by atoms with Crippen molar-refractivity contribution in [3.8, 4) is 11.3 Å². The van der Waals surface area contributed by atoms with E-state index in [0.717, 1.165) is 16.1 Å². The Balaban J connectivity index is 2.18. The third-order valence-electron chi connectivity index (χ3n) is 2.23. The zero-order chi connectivity index (χ0) is 12.3. The Morgan fingerprint density at radius 3 is 2.59 bits per heavy atom. The van der Waals surface area contributed by atoms with Crippen molar-refractivity contribution in [2.75, 3.05) is 5.43 Å². The van der Waals surface area contributed by atoms with Gasteiger partial charge in [0.25, 0.3) is 0 Å². The predicted molar refractivity (Wildman–Crippen MR) is 73.8 cm³/mol. The van der Waals surface area contributed by atoms with Crippen molar-refractivity contribution in [2.24, 2.45) is 5.10 Å². The van der Waals surface area contributed by atoms with Crippen molar-refractivity contribution in [1.29, 1.82) is 0 Å². The molecule has 0 aliphatic heterocycles. The Labute approximate surface area is 107 Å². The minimum absolute atomic E-state index is 0.263. The molecule has 0 fully saturated rings. The monoisotopic (exact) mass is 293 g/mol. The third-order valence-corrected chi connectivity index (χ3v) is 3.79. The maximum absolute atomic E-state index is 4.55. The number of aryl methyl sites for hydroxylation is 1. The van der Waals surface area contributed by atoms with Crippen LogP contribution in [-0.4, -0.2) is 25.2 Å². The van der Waals surface area contributed by atoms with E-state index >= 15 is 0 Å². The Hall–Kier alpha value is -1.38. The molecule has 0 radical (unpaired) electrons. The summed E-state index contributed by atoms with van der Waals surface area (Å²) in [5, 5.41) is 4.17. The van der Waals surface area contributed by atoms with Crippen LogP contribution in [0.5, 0.6) is 0 Å². The molecule has 1 aromatic carbocycles. The molecule has 2 rings (SSSR count). The van der Waals surface area contributed by atoms with Crippen molar-refractivity contribution in [3.05, 3.63) is 34.8 Å². The van der Waals surface area contributed by atoms with Gasteiger partial charge in [0.05, 0.1) is 0 Å². The maximum atomic E-state index is 4.55. The Bertz CT molecular complexity index is 522. The summed E-state index contributed by atoms with van der Waals surface area (Å²) in [5.74, 6) is 0. The average molecular weight is 292 g/mol. The molecule has 0 spiro atoms. The van der Waals surface area contributed by atoms with Gasteiger partial charge in [0.1, 0.15) is 0 Å². The predicted octanol–water partition coefficient (Wildman–Crippen LogP) is 2.92. The van der Waals surface area contributed by atoms with Gasteiger partial charge in [0.15, 0.2) is 0 Å². The van der Waals surface area contributed by atoms with Gasteiger partial charge in [-0.1, -0.05) is 0 Å². The average Bonchev–Trinajstić information content (AvgIpc) is 2.76. The molecule has 1 aromatic heterocycles. The van der Waals surface area contributed by atoms with E-state index in [1.165, 1.54) is 11.1 Å². The number of benzene rings is 1. The molecule has 0 saturated heterocycles. The van der Waals surface area contributed by atoms with Gasteiger partial charge < -0.3 is 0 Å². The molecule has 0 aliphatic carbocycles. The number of anilines is 1. The zero-order valence-corrected chi connectivity index (χ0v) is 11.9. The molecule has 0 unspecified atom stereocenters. The molecule has 1 N–H and O–H groups in total. The van der Waals surface area contributed by atoms with Crippen LogP contribution >= 0.6 is 0 Å². The van der Waals surface area contributed by atoms with E-state index in [-0.39, 0.29) is 14.5 Å². The molecule has 3 nitrogen and oxygen atoms in total. The molecule has 1 heterocycles. The molecule has 4 heteroatoms. The van der Waals surface area contributed by atoms with E-state index in [2.05, 4.69) is 51.6 Å². The van der Waals surface area contributed by atoms with Crippen molar-refractivity contribution < 1.29 is 0 Å². The first-order valence-electron chi connectivity index (χ1n) is 5.44. The first-order valence-corrected chi connectivity index (χ1v) is 7.29. The SMILES string of the molecule is CC(C)=NNc1nc(-c2ccc(C)cc2)c[se]1. The Kier molecular flexibility index (Phi) is 3.77. The molecule has 88 valence electrons. The van der Waals surface area contributed by atoms with Gasteiger partial charge in [0, 0.05) is 0 Å². The number of rotatable bonds is 3. The number of nitrogens with one attached hydrogen (secondary N) is 1. The van der Waals surface area contributed by atoms with Crippen LogP contribution in [0.4, 0.5) is 4.69 Å². The quantitative estimate of drug-likeness (QED) is 0.536. The summed E-state index contributed by atoms with van der Waals surface area (Å²) in [4.78, 5) is 6.73. The van der Waals surface area contributed by atoms with Crippen LogP contribution in [0.15, 0.2) is 34.3 Å². The van der Waals surface area contributed by atoms with Crippen molar-refractivity contribution in [3.63, 3.8) is 0 Å².